The molecular formula is C13H9F3N2O2. The van der Waals surface area contributed by atoms with Crippen molar-refractivity contribution in [2.75, 3.05) is 5.32 Å². The number of hydrogen-bond donors (Lipinski definition) is 1. The predicted octanol–water partition coefficient (Wildman–Crippen LogP) is 3.62. The summed E-state index contributed by atoms with van der Waals surface area (Å²) in [5, 5.41) is 13.4. The van der Waals surface area contributed by atoms with Crippen LogP contribution in [0.15, 0.2) is 36.4 Å². The summed E-state index contributed by atoms with van der Waals surface area (Å²) >= 11 is 0. The van der Waals surface area contributed by atoms with Gasteiger partial charge >= 0.3 is 0 Å². The molecular weight excluding hydrogens is 273 g/mol. The first-order valence-electron chi connectivity index (χ1n) is 5.59. The second-order valence-electron chi connectivity index (χ2n) is 3.99. The second-order valence-corrected chi connectivity index (χ2v) is 3.99. The third kappa shape index (κ3) is 2.87. The Morgan fingerprint density at radius 1 is 1.05 bits per heavy atom. The van der Waals surface area contributed by atoms with E-state index in [9.17, 15) is 23.3 Å². The molecule has 0 radical (unpaired) electrons. The van der Waals surface area contributed by atoms with Gasteiger partial charge in [0.25, 0.3) is 5.69 Å². The Morgan fingerprint density at radius 3 is 2.40 bits per heavy atom. The molecule has 0 unspecified atom stereocenters. The summed E-state index contributed by atoms with van der Waals surface area (Å²) in [4.78, 5) is 10.2. The molecule has 4 nitrogen and oxygen atoms in total. The summed E-state index contributed by atoms with van der Waals surface area (Å²) in [6.45, 7) is -0.201. The predicted molar refractivity (Wildman–Crippen MR) is 66.7 cm³/mol. The quantitative estimate of drug-likeness (QED) is 0.529. The molecule has 7 heteroatoms. The minimum atomic E-state index is -1.28. The Balaban J connectivity index is 2.21. The highest BCUT2D eigenvalue weighted by atomic mass is 19.2. The van der Waals surface area contributed by atoms with Crippen molar-refractivity contribution >= 4 is 11.4 Å². The fraction of sp³-hybridized carbons (Fsp3) is 0.0769. The molecule has 1 N–H and O–H groups in total. The first-order chi connectivity index (χ1) is 9.49. The van der Waals surface area contributed by atoms with Crippen LogP contribution in [0.5, 0.6) is 0 Å². The SMILES string of the molecule is O=[N+]([O-])c1ccccc1NCc1cc(F)c(F)cc1F. The molecule has 0 saturated heterocycles. The van der Waals surface area contributed by atoms with E-state index in [2.05, 4.69) is 5.32 Å². The van der Waals surface area contributed by atoms with Crippen molar-refractivity contribution in [3.63, 3.8) is 0 Å². The zero-order chi connectivity index (χ0) is 14.7. The fourth-order valence-corrected chi connectivity index (χ4v) is 1.67. The monoisotopic (exact) mass is 282 g/mol. The third-order valence-corrected chi connectivity index (χ3v) is 2.66. The van der Waals surface area contributed by atoms with Crippen molar-refractivity contribution in [3.8, 4) is 0 Å². The van der Waals surface area contributed by atoms with Crippen LogP contribution in [0.3, 0.4) is 0 Å². The van der Waals surface area contributed by atoms with Crippen molar-refractivity contribution in [3.05, 3.63) is 69.5 Å². The van der Waals surface area contributed by atoms with E-state index in [1.54, 1.807) is 6.07 Å². The lowest BCUT2D eigenvalue weighted by Crippen LogP contribution is -2.05. The minimum absolute atomic E-state index is 0.123. The van der Waals surface area contributed by atoms with Crippen LogP contribution in [0, 0.1) is 27.6 Å². The average Bonchev–Trinajstić information content (AvgIpc) is 2.41. The number of nitrogens with one attached hydrogen (secondary N) is 1. The van der Waals surface area contributed by atoms with Gasteiger partial charge in [0.15, 0.2) is 11.6 Å². The van der Waals surface area contributed by atoms with Crippen LogP contribution in [0.25, 0.3) is 0 Å². The second kappa shape index (κ2) is 5.60. The Kier molecular flexibility index (Phi) is 3.88. The maximum atomic E-state index is 13.4. The lowest BCUT2D eigenvalue weighted by molar-refractivity contribution is -0.384. The van der Waals surface area contributed by atoms with E-state index in [1.807, 2.05) is 0 Å². The molecule has 0 aliphatic rings. The zero-order valence-electron chi connectivity index (χ0n) is 10.1. The Bertz CT molecular complexity index is 662. The molecule has 2 aromatic carbocycles. The summed E-state index contributed by atoms with van der Waals surface area (Å²) in [6.07, 6.45) is 0. The highest BCUT2D eigenvalue weighted by Crippen LogP contribution is 2.24. The maximum absolute atomic E-state index is 13.4. The molecule has 0 heterocycles. The number of hydrogen-bond acceptors (Lipinski definition) is 3. The summed E-state index contributed by atoms with van der Waals surface area (Å²) in [6, 6.07) is 6.93. The molecule has 0 atom stereocenters. The van der Waals surface area contributed by atoms with E-state index < -0.39 is 22.4 Å². The number of benzene rings is 2. The lowest BCUT2D eigenvalue weighted by atomic mass is 10.2. The number of nitro groups is 1. The van der Waals surface area contributed by atoms with Gasteiger partial charge in [0.05, 0.1) is 4.92 Å². The van der Waals surface area contributed by atoms with Crippen LogP contribution in [0.2, 0.25) is 0 Å². The molecule has 0 amide bonds. The molecule has 2 rings (SSSR count). The molecule has 0 spiro atoms. The Hall–Kier alpha value is -2.57. The number of para-hydroxylation sites is 2. The third-order valence-electron chi connectivity index (χ3n) is 2.66. The molecule has 0 aliphatic carbocycles. The number of anilines is 1. The van der Waals surface area contributed by atoms with E-state index in [4.69, 9.17) is 0 Å². The van der Waals surface area contributed by atoms with Gasteiger partial charge in [-0.05, 0) is 12.1 Å². The largest absolute Gasteiger partial charge is 0.375 e. The first-order valence-corrected chi connectivity index (χ1v) is 5.59. The van der Waals surface area contributed by atoms with Crippen LogP contribution < -0.4 is 5.32 Å². The molecule has 0 aliphatic heterocycles. The van der Waals surface area contributed by atoms with Gasteiger partial charge in [-0.1, -0.05) is 12.1 Å². The standard InChI is InChI=1S/C13H9F3N2O2/c14-9-6-11(16)10(15)5-8(9)7-17-12-3-1-2-4-13(12)18(19)20/h1-6,17H,7H2. The average molecular weight is 282 g/mol. The zero-order valence-corrected chi connectivity index (χ0v) is 10.1. The van der Waals surface area contributed by atoms with Gasteiger partial charge in [0, 0.05) is 24.2 Å². The van der Waals surface area contributed by atoms with Gasteiger partial charge in [-0.25, -0.2) is 13.2 Å². The number of nitro benzene ring substituents is 1. The topological polar surface area (TPSA) is 55.2 Å². The van der Waals surface area contributed by atoms with Gasteiger partial charge in [-0.3, -0.25) is 10.1 Å². The summed E-state index contributed by atoms with van der Waals surface area (Å²) in [5.41, 5.74) is -0.140. The van der Waals surface area contributed by atoms with Gasteiger partial charge in [-0.2, -0.15) is 0 Å². The Morgan fingerprint density at radius 2 is 1.70 bits per heavy atom. The van der Waals surface area contributed by atoms with Crippen molar-refractivity contribution in [1.29, 1.82) is 0 Å². The summed E-state index contributed by atoms with van der Waals surface area (Å²) in [5.74, 6) is -3.38. The van der Waals surface area contributed by atoms with Crippen molar-refractivity contribution in [2.24, 2.45) is 0 Å². The van der Waals surface area contributed by atoms with E-state index in [1.165, 1.54) is 18.2 Å². The summed E-state index contributed by atoms with van der Waals surface area (Å²) < 4.78 is 39.2. The number of halogens is 3. The molecule has 0 aromatic heterocycles. The molecule has 20 heavy (non-hydrogen) atoms. The molecule has 0 saturated carbocycles. The van der Waals surface area contributed by atoms with E-state index in [0.29, 0.717) is 12.1 Å². The smallest absolute Gasteiger partial charge is 0.292 e. The Labute approximate surface area is 112 Å². The van der Waals surface area contributed by atoms with E-state index >= 15 is 0 Å². The van der Waals surface area contributed by atoms with Gasteiger partial charge < -0.3 is 5.32 Å². The van der Waals surface area contributed by atoms with E-state index in [0.717, 1.165) is 0 Å². The number of nitrogens with zero attached hydrogens (tertiary/aromatic N) is 1. The van der Waals surface area contributed by atoms with Gasteiger partial charge in [0.1, 0.15) is 11.5 Å². The highest BCUT2D eigenvalue weighted by molar-refractivity contribution is 5.61. The van der Waals surface area contributed by atoms with Crippen LogP contribution in [0.1, 0.15) is 5.56 Å². The van der Waals surface area contributed by atoms with Crippen molar-refractivity contribution in [1.82, 2.24) is 0 Å². The molecule has 0 fully saturated rings. The normalized spacial score (nSPS) is 10.3. The van der Waals surface area contributed by atoms with Crippen molar-refractivity contribution < 1.29 is 18.1 Å². The highest BCUT2D eigenvalue weighted by Gasteiger charge is 2.14. The summed E-state index contributed by atoms with van der Waals surface area (Å²) in [7, 11) is 0. The maximum Gasteiger partial charge on any atom is 0.292 e. The first kappa shape index (κ1) is 13.9. The van der Waals surface area contributed by atoms with Crippen molar-refractivity contribution in [2.45, 2.75) is 6.54 Å². The molecule has 0 bridgehead atoms. The van der Waals surface area contributed by atoms with Crippen LogP contribution in [-0.2, 0) is 6.54 Å². The fourth-order valence-electron chi connectivity index (χ4n) is 1.67. The van der Waals surface area contributed by atoms with Gasteiger partial charge in [0.2, 0.25) is 0 Å². The molecule has 2 aromatic rings. The van der Waals surface area contributed by atoms with Gasteiger partial charge in [-0.15, -0.1) is 0 Å². The van der Waals surface area contributed by atoms with Crippen LogP contribution in [-0.4, -0.2) is 4.92 Å². The minimum Gasteiger partial charge on any atom is -0.375 e. The number of rotatable bonds is 4. The van der Waals surface area contributed by atoms with Crippen LogP contribution >= 0.6 is 0 Å². The van der Waals surface area contributed by atoms with Crippen LogP contribution in [0.4, 0.5) is 24.5 Å². The van der Waals surface area contributed by atoms with E-state index in [-0.39, 0.29) is 23.5 Å². The lowest BCUT2D eigenvalue weighted by Gasteiger charge is -2.08. The molecule has 104 valence electrons.